The van der Waals surface area contributed by atoms with E-state index in [1.807, 2.05) is 0 Å². The van der Waals surface area contributed by atoms with Crippen LogP contribution >= 0.6 is 0 Å². The summed E-state index contributed by atoms with van der Waals surface area (Å²) in [4.78, 5) is 25.9. The fourth-order valence-electron chi connectivity index (χ4n) is 6.91. The lowest BCUT2D eigenvalue weighted by Crippen LogP contribution is -2.65. The molecular weight excluding hydrogens is 692 g/mol. The Labute approximate surface area is 296 Å². The van der Waals surface area contributed by atoms with Gasteiger partial charge in [0.15, 0.2) is 35.4 Å². The van der Waals surface area contributed by atoms with Crippen molar-refractivity contribution in [2.75, 3.05) is 27.6 Å². The van der Waals surface area contributed by atoms with E-state index < -0.39 is 80.0 Å². The zero-order valence-electron chi connectivity index (χ0n) is 28.4. The van der Waals surface area contributed by atoms with Gasteiger partial charge in [-0.1, -0.05) is 6.07 Å². The molecule has 2 fully saturated rings. The Kier molecular flexibility index (Phi) is 9.79. The third-order valence-corrected chi connectivity index (χ3v) is 9.51. The van der Waals surface area contributed by atoms with Crippen molar-refractivity contribution in [3.63, 3.8) is 0 Å². The Morgan fingerprint density at radius 1 is 0.827 bits per heavy atom. The smallest absolute Gasteiger partial charge is 0.339 e. The van der Waals surface area contributed by atoms with Crippen LogP contribution in [0.25, 0.3) is 21.9 Å². The average Bonchev–Trinajstić information content (AvgIpc) is 3.77. The van der Waals surface area contributed by atoms with Crippen molar-refractivity contribution in [2.45, 2.75) is 81.9 Å². The first-order valence-electron chi connectivity index (χ1n) is 16.4. The van der Waals surface area contributed by atoms with Crippen molar-refractivity contribution in [1.29, 1.82) is 0 Å². The number of carbonyl (C=O) groups excluding carboxylic acids is 2. The van der Waals surface area contributed by atoms with Gasteiger partial charge in [-0.3, -0.25) is 4.79 Å². The molecule has 4 aliphatic rings. The van der Waals surface area contributed by atoms with Crippen LogP contribution in [0.3, 0.4) is 0 Å². The van der Waals surface area contributed by atoms with E-state index in [0.717, 1.165) is 6.92 Å². The maximum absolute atomic E-state index is 13.5. The predicted molar refractivity (Wildman–Crippen MR) is 173 cm³/mol. The number of fused-ring (bicyclic) bond motifs is 3. The number of aliphatic hydroxyl groups excluding tert-OH is 5. The molecule has 3 aromatic rings. The second-order valence-electron chi connectivity index (χ2n) is 12.6. The highest BCUT2D eigenvalue weighted by Crippen LogP contribution is 2.50. The predicted octanol–water partition coefficient (Wildman–Crippen LogP) is 0.524. The summed E-state index contributed by atoms with van der Waals surface area (Å²) in [6.45, 7) is 1.60. The second-order valence-corrected chi connectivity index (χ2v) is 12.6. The number of hydrogen-bond acceptors (Lipinski definition) is 17. The molecule has 280 valence electrons. The Morgan fingerprint density at radius 3 is 2.23 bits per heavy atom. The molecule has 0 aliphatic carbocycles. The minimum Gasteiger partial charge on any atom is -0.493 e. The Bertz CT molecular complexity index is 1860. The van der Waals surface area contributed by atoms with E-state index in [1.54, 1.807) is 30.3 Å². The maximum atomic E-state index is 13.5. The van der Waals surface area contributed by atoms with Crippen LogP contribution in [0.15, 0.2) is 30.3 Å². The van der Waals surface area contributed by atoms with Gasteiger partial charge in [0.25, 0.3) is 0 Å². The minimum atomic E-state index is -1.77. The Balaban J connectivity index is 1.33. The maximum Gasteiger partial charge on any atom is 0.339 e. The molecular formula is C35H38O17. The molecule has 0 aromatic heterocycles. The summed E-state index contributed by atoms with van der Waals surface area (Å²) in [6.07, 6.45) is -15.3. The van der Waals surface area contributed by atoms with Crippen molar-refractivity contribution in [2.24, 2.45) is 0 Å². The van der Waals surface area contributed by atoms with E-state index in [1.165, 1.54) is 21.1 Å². The number of aliphatic hydroxyl groups is 5. The molecule has 17 nitrogen and oxygen atoms in total. The van der Waals surface area contributed by atoms with Crippen molar-refractivity contribution in [1.82, 2.24) is 0 Å². The average molecular weight is 731 g/mol. The van der Waals surface area contributed by atoms with Crippen LogP contribution in [0, 0.1) is 0 Å². The van der Waals surface area contributed by atoms with Crippen LogP contribution in [0.5, 0.6) is 28.7 Å². The van der Waals surface area contributed by atoms with Gasteiger partial charge in [0.05, 0.1) is 32.5 Å². The zero-order chi connectivity index (χ0) is 37.0. The molecule has 5 N–H and O–H groups in total. The number of cyclic esters (lactones) is 1. The molecule has 17 heteroatoms. The first-order chi connectivity index (χ1) is 24.9. The van der Waals surface area contributed by atoms with Gasteiger partial charge in [-0.05, 0) is 42.1 Å². The topological polar surface area (TPSA) is 228 Å². The van der Waals surface area contributed by atoms with Gasteiger partial charge in [-0.25, -0.2) is 4.79 Å². The first-order valence-corrected chi connectivity index (χ1v) is 16.4. The number of carbonyl (C=O) groups is 2. The summed E-state index contributed by atoms with van der Waals surface area (Å²) in [5.74, 6) is 0.209. The van der Waals surface area contributed by atoms with E-state index in [2.05, 4.69) is 0 Å². The third-order valence-electron chi connectivity index (χ3n) is 9.51. The lowest BCUT2D eigenvalue weighted by molar-refractivity contribution is -0.349. The Hall–Kier alpha value is -4.46. The van der Waals surface area contributed by atoms with Gasteiger partial charge < -0.3 is 72.9 Å². The molecule has 2 saturated heterocycles. The van der Waals surface area contributed by atoms with Crippen LogP contribution in [-0.4, -0.2) is 127 Å². The largest absolute Gasteiger partial charge is 0.493 e. The van der Waals surface area contributed by atoms with Crippen molar-refractivity contribution in [3.05, 3.63) is 41.5 Å². The van der Waals surface area contributed by atoms with E-state index >= 15 is 0 Å². The van der Waals surface area contributed by atoms with Crippen LogP contribution in [0.4, 0.5) is 0 Å². The lowest BCUT2D eigenvalue weighted by Gasteiger charge is -2.46. The van der Waals surface area contributed by atoms with Crippen molar-refractivity contribution in [3.8, 4) is 39.9 Å². The number of benzene rings is 3. The molecule has 3 aromatic carbocycles. The lowest BCUT2D eigenvalue weighted by atomic mass is 9.89. The van der Waals surface area contributed by atoms with E-state index in [0.29, 0.717) is 50.5 Å². The minimum absolute atomic E-state index is 0.0351. The normalized spacial score (nSPS) is 30.8. The Morgan fingerprint density at radius 2 is 1.54 bits per heavy atom. The zero-order valence-corrected chi connectivity index (χ0v) is 28.4. The number of ether oxygens (including phenoxy) is 10. The summed E-state index contributed by atoms with van der Waals surface area (Å²) in [5.41, 5.74) is 1.52. The third kappa shape index (κ3) is 6.12. The van der Waals surface area contributed by atoms with E-state index in [9.17, 15) is 35.1 Å². The second kappa shape index (κ2) is 14.2. The summed E-state index contributed by atoms with van der Waals surface area (Å²) < 4.78 is 57.3. The fraction of sp³-hybridized carbons (Fsp3) is 0.486. The van der Waals surface area contributed by atoms with Gasteiger partial charge in [0, 0.05) is 23.4 Å². The number of hydrogen-bond donors (Lipinski definition) is 5. The monoisotopic (exact) mass is 730 g/mol. The molecule has 52 heavy (non-hydrogen) atoms. The van der Waals surface area contributed by atoms with Gasteiger partial charge in [0.1, 0.15) is 49.0 Å². The first kappa shape index (κ1) is 35.9. The number of esters is 2. The van der Waals surface area contributed by atoms with Crippen LogP contribution in [0.2, 0.25) is 0 Å². The summed E-state index contributed by atoms with van der Waals surface area (Å²) >= 11 is 0. The van der Waals surface area contributed by atoms with E-state index in [4.69, 9.17) is 47.4 Å². The summed E-state index contributed by atoms with van der Waals surface area (Å²) in [7, 11) is 2.90. The van der Waals surface area contributed by atoms with Gasteiger partial charge >= 0.3 is 11.9 Å². The number of methoxy groups -OCH3 is 2. The molecule has 0 radical (unpaired) electrons. The molecule has 0 bridgehead atoms. The number of rotatable bonds is 9. The molecule has 0 spiro atoms. The summed E-state index contributed by atoms with van der Waals surface area (Å²) in [5, 5.41) is 53.9. The molecule has 7 rings (SSSR count). The standard InChI is InChI=1S/C35H38O17/c1-13-26(38)27(39)28(40)34(48-13)52-31-23(10-36)50-35(32(29(31)41)49-14(2)37)51-30-17-9-21(44-4)20(43-3)8-16(17)24(25-18(30)11-45-33(25)42)15-5-6-19-22(7-15)47-12-46-19/h5-9,13,23,26-29,31-32,34-36,38-41H,10-12H2,1-4H3/t13-,23-,26-,27+,28-,29+,31-,32-,34+,35+/m1/s1. The highest BCUT2D eigenvalue weighted by Gasteiger charge is 2.53. The highest BCUT2D eigenvalue weighted by molar-refractivity contribution is 6.14. The van der Waals surface area contributed by atoms with Gasteiger partial charge in [-0.15, -0.1) is 0 Å². The van der Waals surface area contributed by atoms with Gasteiger partial charge in [-0.2, -0.15) is 0 Å². The van der Waals surface area contributed by atoms with Crippen molar-refractivity contribution >= 4 is 22.7 Å². The quantitative estimate of drug-likeness (QED) is 0.189. The van der Waals surface area contributed by atoms with Crippen LogP contribution < -0.4 is 23.7 Å². The van der Waals surface area contributed by atoms with Crippen molar-refractivity contribution < 1.29 is 82.5 Å². The summed E-state index contributed by atoms with van der Waals surface area (Å²) in [6, 6.07) is 8.51. The van der Waals surface area contributed by atoms with E-state index in [-0.39, 0.29) is 24.7 Å². The fourth-order valence-corrected chi connectivity index (χ4v) is 6.91. The molecule has 10 atom stereocenters. The molecule has 4 heterocycles. The molecule has 4 aliphatic heterocycles. The van der Waals surface area contributed by atoms with Gasteiger partial charge in [0.2, 0.25) is 13.1 Å². The van der Waals surface area contributed by atoms with Crippen LogP contribution in [-0.2, 0) is 35.1 Å². The molecule has 0 unspecified atom stereocenters. The molecule has 0 amide bonds. The van der Waals surface area contributed by atoms with Crippen LogP contribution in [0.1, 0.15) is 29.8 Å². The highest BCUT2D eigenvalue weighted by atomic mass is 16.7. The SMILES string of the molecule is COc1cc2c(O[C@@H]3O[C@H](CO)[C@@H](O[C@@H]4O[C@H](C)[C@@H](O)[C@H](O)[C@H]4O)[C@H](O)[C@H]3OC(C)=O)c3c(c(-c4ccc5c(c4)OCO5)c2cc1OC)C(=O)OC3. The molecule has 0 saturated carbocycles.